The molecule has 0 saturated carbocycles. The normalized spacial score (nSPS) is 16.4. The summed E-state index contributed by atoms with van der Waals surface area (Å²) in [4.78, 5) is 31.2. The number of Topliss-reactive ketones (excluding diaryl/α,β-unsaturated/α-hetero) is 1. The number of ether oxygens (including phenoxy) is 1. The molecule has 0 aliphatic carbocycles. The minimum Gasteiger partial charge on any atom is -0.379 e. The van der Waals surface area contributed by atoms with E-state index >= 15 is 0 Å². The third kappa shape index (κ3) is 4.28. The first-order valence-electron chi connectivity index (χ1n) is 10.3. The number of amides is 1. The zero-order valence-corrected chi connectivity index (χ0v) is 17.1. The van der Waals surface area contributed by atoms with Gasteiger partial charge in [-0.3, -0.25) is 14.5 Å². The Morgan fingerprint density at radius 1 is 1.18 bits per heavy atom. The fraction of sp³-hybridized carbons (Fsp3) is 0.545. The van der Waals surface area contributed by atoms with Crippen molar-refractivity contribution in [2.24, 2.45) is 5.92 Å². The molecule has 1 aromatic heterocycles. The summed E-state index contributed by atoms with van der Waals surface area (Å²) >= 11 is 0. The third-order valence-electron chi connectivity index (χ3n) is 5.91. The molecule has 0 radical (unpaired) electrons. The van der Waals surface area contributed by atoms with Gasteiger partial charge in [-0.1, -0.05) is 44.9 Å². The van der Waals surface area contributed by atoms with Crippen LogP contribution in [0.4, 0.5) is 0 Å². The number of benzene rings is 1. The number of hydrogen-bond donors (Lipinski definition) is 2. The SMILES string of the molecule is CCC(CC)C(CNC(=O)C(=O)c1c(C)[nH]c2ccccc12)N1CCOCC1. The molecule has 6 nitrogen and oxygen atoms in total. The highest BCUT2D eigenvalue weighted by molar-refractivity contribution is 6.45. The molecule has 1 atom stereocenters. The predicted octanol–water partition coefficient (Wildman–Crippen LogP) is 2.91. The van der Waals surface area contributed by atoms with Gasteiger partial charge in [-0.15, -0.1) is 0 Å². The number of hydrogen-bond acceptors (Lipinski definition) is 4. The summed E-state index contributed by atoms with van der Waals surface area (Å²) in [6, 6.07) is 7.80. The second kappa shape index (κ2) is 9.34. The number of H-pyrrole nitrogens is 1. The van der Waals surface area contributed by atoms with Gasteiger partial charge in [-0.05, 0) is 18.9 Å². The molecule has 0 spiro atoms. The maximum absolute atomic E-state index is 12.9. The topological polar surface area (TPSA) is 74.4 Å². The highest BCUT2D eigenvalue weighted by atomic mass is 16.5. The third-order valence-corrected chi connectivity index (χ3v) is 5.91. The van der Waals surface area contributed by atoms with Gasteiger partial charge in [-0.25, -0.2) is 0 Å². The van der Waals surface area contributed by atoms with E-state index in [9.17, 15) is 9.59 Å². The zero-order valence-electron chi connectivity index (χ0n) is 17.1. The van der Waals surface area contributed by atoms with Crippen LogP contribution in [0.25, 0.3) is 10.9 Å². The van der Waals surface area contributed by atoms with Gasteiger partial charge in [0.1, 0.15) is 0 Å². The van der Waals surface area contributed by atoms with Crippen LogP contribution >= 0.6 is 0 Å². The first-order valence-corrected chi connectivity index (χ1v) is 10.3. The van der Waals surface area contributed by atoms with Gasteiger partial charge in [0.2, 0.25) is 0 Å². The Hall–Kier alpha value is -2.18. The molecule has 1 fully saturated rings. The molecule has 1 saturated heterocycles. The smallest absolute Gasteiger partial charge is 0.292 e. The van der Waals surface area contributed by atoms with Crippen LogP contribution in [0.1, 0.15) is 42.7 Å². The minimum absolute atomic E-state index is 0.222. The predicted molar refractivity (Wildman–Crippen MR) is 111 cm³/mol. The van der Waals surface area contributed by atoms with E-state index in [0.717, 1.165) is 55.7 Å². The largest absolute Gasteiger partial charge is 0.379 e. The van der Waals surface area contributed by atoms with Crippen molar-refractivity contribution in [1.82, 2.24) is 15.2 Å². The standard InChI is InChI=1S/C22H31N3O3/c1-4-16(5-2)19(25-10-12-28-13-11-25)14-23-22(27)21(26)20-15(3)24-18-9-7-6-8-17(18)20/h6-9,16,19,24H,4-5,10-14H2,1-3H3,(H,23,27). The van der Waals surface area contributed by atoms with Crippen molar-refractivity contribution in [1.29, 1.82) is 0 Å². The molecule has 1 aliphatic heterocycles. The van der Waals surface area contributed by atoms with Gasteiger partial charge in [0.25, 0.3) is 11.7 Å². The van der Waals surface area contributed by atoms with Gasteiger partial charge in [0.05, 0.1) is 18.8 Å². The molecule has 1 aliphatic rings. The van der Waals surface area contributed by atoms with Crippen LogP contribution in [0.3, 0.4) is 0 Å². The number of carbonyl (C=O) groups excluding carboxylic acids is 2. The van der Waals surface area contributed by atoms with Crippen molar-refractivity contribution in [3.63, 3.8) is 0 Å². The van der Waals surface area contributed by atoms with E-state index in [0.29, 0.717) is 18.0 Å². The number of carbonyl (C=O) groups is 2. The quantitative estimate of drug-likeness (QED) is 0.541. The minimum atomic E-state index is -0.530. The van der Waals surface area contributed by atoms with Crippen molar-refractivity contribution in [3.05, 3.63) is 35.5 Å². The highest BCUT2D eigenvalue weighted by Gasteiger charge is 2.29. The molecule has 6 heteroatoms. The number of nitrogens with zero attached hydrogens (tertiary/aromatic N) is 1. The highest BCUT2D eigenvalue weighted by Crippen LogP contribution is 2.23. The van der Waals surface area contributed by atoms with E-state index in [2.05, 4.69) is 29.0 Å². The van der Waals surface area contributed by atoms with Gasteiger partial charge in [-0.2, -0.15) is 0 Å². The van der Waals surface area contributed by atoms with Crippen LogP contribution in [0.5, 0.6) is 0 Å². The maximum Gasteiger partial charge on any atom is 0.292 e. The van der Waals surface area contributed by atoms with Crippen molar-refractivity contribution in [3.8, 4) is 0 Å². The molecule has 2 aromatic rings. The summed E-state index contributed by atoms with van der Waals surface area (Å²) in [5, 5.41) is 3.72. The lowest BCUT2D eigenvalue weighted by molar-refractivity contribution is -0.117. The second-order valence-corrected chi connectivity index (χ2v) is 7.50. The molecular formula is C22H31N3O3. The van der Waals surface area contributed by atoms with Crippen molar-refractivity contribution in [2.45, 2.75) is 39.7 Å². The molecule has 1 aromatic carbocycles. The number of nitrogens with one attached hydrogen (secondary N) is 2. The van der Waals surface area contributed by atoms with Gasteiger partial charge < -0.3 is 15.0 Å². The average Bonchev–Trinajstić information content (AvgIpc) is 3.06. The van der Waals surface area contributed by atoms with Crippen LogP contribution in [-0.4, -0.2) is 60.5 Å². The molecule has 3 rings (SSSR count). The van der Waals surface area contributed by atoms with Gasteiger partial charge in [0, 0.05) is 42.3 Å². The Morgan fingerprint density at radius 2 is 1.86 bits per heavy atom. The average molecular weight is 386 g/mol. The van der Waals surface area contributed by atoms with Crippen LogP contribution in [0.15, 0.2) is 24.3 Å². The lowest BCUT2D eigenvalue weighted by atomic mass is 9.92. The number of aryl methyl sites for hydroxylation is 1. The number of ketones is 1. The van der Waals surface area contributed by atoms with Gasteiger partial charge in [0.15, 0.2) is 0 Å². The molecule has 152 valence electrons. The lowest BCUT2D eigenvalue weighted by Gasteiger charge is -2.38. The number of aromatic amines is 1. The first kappa shape index (κ1) is 20.6. The summed E-state index contributed by atoms with van der Waals surface area (Å²) in [7, 11) is 0. The second-order valence-electron chi connectivity index (χ2n) is 7.50. The number of fused-ring (bicyclic) bond motifs is 1. The van der Waals surface area contributed by atoms with Crippen LogP contribution in [0.2, 0.25) is 0 Å². The molecule has 28 heavy (non-hydrogen) atoms. The van der Waals surface area contributed by atoms with E-state index in [1.165, 1.54) is 0 Å². The molecule has 1 amide bonds. The molecule has 0 bridgehead atoms. The monoisotopic (exact) mass is 385 g/mol. The van der Waals surface area contributed by atoms with E-state index < -0.39 is 11.7 Å². The van der Waals surface area contributed by atoms with Crippen molar-refractivity contribution >= 4 is 22.6 Å². The van der Waals surface area contributed by atoms with E-state index in [1.54, 1.807) is 0 Å². The lowest BCUT2D eigenvalue weighted by Crippen LogP contribution is -2.52. The summed E-state index contributed by atoms with van der Waals surface area (Å²) in [5.74, 6) is -0.527. The number of rotatable bonds is 8. The summed E-state index contributed by atoms with van der Waals surface area (Å²) < 4.78 is 5.48. The van der Waals surface area contributed by atoms with E-state index in [1.807, 2.05) is 31.2 Å². The Balaban J connectivity index is 1.72. The first-order chi connectivity index (χ1) is 13.6. The van der Waals surface area contributed by atoms with Crippen molar-refractivity contribution in [2.75, 3.05) is 32.8 Å². The Kier molecular flexibility index (Phi) is 6.86. The molecule has 2 heterocycles. The Bertz CT molecular complexity index is 820. The number of morpholine rings is 1. The fourth-order valence-electron chi connectivity index (χ4n) is 4.30. The summed E-state index contributed by atoms with van der Waals surface area (Å²) in [6.45, 7) is 9.86. The van der Waals surface area contributed by atoms with Gasteiger partial charge >= 0.3 is 0 Å². The fourth-order valence-corrected chi connectivity index (χ4v) is 4.30. The van der Waals surface area contributed by atoms with Crippen LogP contribution in [0, 0.1) is 12.8 Å². The molecular weight excluding hydrogens is 354 g/mol. The number of aromatic nitrogens is 1. The number of para-hydroxylation sites is 1. The molecule has 1 unspecified atom stereocenters. The van der Waals surface area contributed by atoms with E-state index in [4.69, 9.17) is 4.74 Å². The van der Waals surface area contributed by atoms with Crippen LogP contribution in [-0.2, 0) is 9.53 Å². The van der Waals surface area contributed by atoms with Crippen molar-refractivity contribution < 1.29 is 14.3 Å². The van der Waals surface area contributed by atoms with E-state index in [-0.39, 0.29) is 6.04 Å². The Morgan fingerprint density at radius 3 is 2.54 bits per heavy atom. The zero-order chi connectivity index (χ0) is 20.1. The van der Waals surface area contributed by atoms with Crippen LogP contribution < -0.4 is 5.32 Å². The summed E-state index contributed by atoms with van der Waals surface area (Å²) in [5.41, 5.74) is 2.07. The maximum atomic E-state index is 12.9. The Labute approximate surface area is 166 Å². The molecule has 2 N–H and O–H groups in total. The summed E-state index contributed by atoms with van der Waals surface area (Å²) in [6.07, 6.45) is 2.09.